The predicted octanol–water partition coefficient (Wildman–Crippen LogP) is 1.93. The van der Waals surface area contributed by atoms with Crippen LogP contribution in [0.2, 0.25) is 0 Å². The van der Waals surface area contributed by atoms with Crippen LogP contribution in [0.25, 0.3) is 0 Å². The number of hydrogen-bond donors (Lipinski definition) is 0. The Hall–Kier alpha value is -1.55. The van der Waals surface area contributed by atoms with E-state index in [2.05, 4.69) is 0 Å². The highest BCUT2D eigenvalue weighted by Crippen LogP contribution is 2.62. The molecule has 4 heteroatoms. The number of nitrogens with zero attached hydrogens (tertiary/aromatic N) is 1. The number of likely N-dealkylation sites (N-methyl/N-ethyl adjacent to an activating group) is 1. The molecule has 0 aromatic heterocycles. The zero-order chi connectivity index (χ0) is 19.6. The average Bonchev–Trinajstić information content (AvgIpc) is 2.91. The summed E-state index contributed by atoms with van der Waals surface area (Å²) in [7, 11) is 3.25. The molecule has 1 unspecified atom stereocenters. The van der Waals surface area contributed by atoms with Crippen LogP contribution >= 0.6 is 0 Å². The Morgan fingerprint density at radius 1 is 1.55 bits per heavy atom. The Morgan fingerprint density at radius 3 is 3.23 bits per heavy atom. The van der Waals surface area contributed by atoms with Crippen molar-refractivity contribution in [2.24, 2.45) is 5.89 Å². The molecule has 22 heavy (non-hydrogen) atoms. The number of rotatable bonds is 1. The Balaban J connectivity index is 1.93. The van der Waals surface area contributed by atoms with E-state index in [9.17, 15) is 6.17 Å². The van der Waals surface area contributed by atoms with Crippen molar-refractivity contribution >= 4 is 5.78 Å². The van der Waals surface area contributed by atoms with Gasteiger partial charge in [0.15, 0.2) is 23.4 Å². The molecule has 0 N–H and O–H groups in total. The summed E-state index contributed by atoms with van der Waals surface area (Å²) >= 11 is 0. The molecule has 0 radical (unpaired) electrons. The molecule has 2 fully saturated rings. The van der Waals surface area contributed by atoms with Crippen molar-refractivity contribution in [3.8, 4) is 11.5 Å². The fourth-order valence-electron chi connectivity index (χ4n) is 4.64. The summed E-state index contributed by atoms with van der Waals surface area (Å²) in [5.74, 6) is -1.49. The van der Waals surface area contributed by atoms with Crippen LogP contribution in [-0.4, -0.2) is 43.5 Å². The quantitative estimate of drug-likeness (QED) is 0.795. The first-order chi connectivity index (χ1) is 12.5. The van der Waals surface area contributed by atoms with Crippen LogP contribution in [0.4, 0.5) is 0 Å². The van der Waals surface area contributed by atoms with Crippen molar-refractivity contribution in [1.29, 1.82) is 0 Å². The number of carbonyl (C=O) groups excluding carboxylic acids is 1. The van der Waals surface area contributed by atoms with Gasteiger partial charge in [0.05, 0.1) is 7.11 Å². The maximum absolute atomic E-state index is 13.0. The number of benzene rings is 1. The number of hydrogen-bond acceptors (Lipinski definition) is 4. The average molecular weight is 304 g/mol. The van der Waals surface area contributed by atoms with Gasteiger partial charge < -0.3 is 14.4 Å². The third kappa shape index (κ3) is 1.27. The molecule has 1 saturated carbocycles. The second-order valence-electron chi connectivity index (χ2n) is 6.51. The number of carbonyl (C=O) groups is 1. The van der Waals surface area contributed by atoms with Gasteiger partial charge in [-0.3, -0.25) is 4.79 Å². The van der Waals surface area contributed by atoms with Gasteiger partial charge in [0.25, 0.3) is 0 Å². The Morgan fingerprint density at radius 2 is 2.41 bits per heavy atom. The van der Waals surface area contributed by atoms with E-state index >= 15 is 0 Å². The van der Waals surface area contributed by atoms with Gasteiger partial charge in [-0.15, -0.1) is 0 Å². The van der Waals surface area contributed by atoms with Crippen LogP contribution in [0.15, 0.2) is 12.1 Å². The highest BCUT2D eigenvalue weighted by atomic mass is 16.5. The van der Waals surface area contributed by atoms with Crippen LogP contribution in [-0.2, 0) is 16.6 Å². The van der Waals surface area contributed by atoms with E-state index in [0.29, 0.717) is 35.6 Å². The van der Waals surface area contributed by atoms with Crippen LogP contribution < -0.4 is 9.47 Å². The molecule has 2 heterocycles. The molecule has 1 saturated heterocycles. The summed E-state index contributed by atoms with van der Waals surface area (Å²) in [5.41, 5.74) is -0.0898. The van der Waals surface area contributed by atoms with Gasteiger partial charge in [0.1, 0.15) is 0 Å². The molecule has 1 spiro atoms. The summed E-state index contributed by atoms with van der Waals surface area (Å²) in [5, 5.41) is 0. The van der Waals surface area contributed by atoms with Gasteiger partial charge in [-0.25, -0.2) is 0 Å². The number of Topliss-reactive ketones (excluding diaryl/α,β-unsaturated/α-hetero) is 1. The van der Waals surface area contributed by atoms with Gasteiger partial charge in [-0.05, 0) is 50.3 Å². The van der Waals surface area contributed by atoms with E-state index in [0.717, 1.165) is 0 Å². The standard InChI is InChI=1S/C18H21NO3/c1-19-8-7-18-11-4-5-13(20)17(18)22-16-14(21-2)6-3-10(15(16)18)9-12(11)19/h3,6,11-12,17H,4-5,7-9H2,1-2H3/t11-,12+,17?,18-/m0/s1/i5D2,9D2,11D. The topological polar surface area (TPSA) is 38.8 Å². The maximum Gasteiger partial charge on any atom is 0.174 e. The number of methoxy groups -OCH3 is 1. The molecule has 2 aliphatic carbocycles. The van der Waals surface area contributed by atoms with E-state index in [1.807, 2.05) is 4.90 Å². The molecule has 1 aromatic carbocycles. The van der Waals surface area contributed by atoms with Gasteiger partial charge in [-0.2, -0.15) is 0 Å². The smallest absolute Gasteiger partial charge is 0.174 e. The van der Waals surface area contributed by atoms with Crippen LogP contribution in [0.3, 0.4) is 0 Å². The van der Waals surface area contributed by atoms with Gasteiger partial charge >= 0.3 is 0 Å². The van der Waals surface area contributed by atoms with E-state index in [-0.39, 0.29) is 6.42 Å². The van der Waals surface area contributed by atoms with Gasteiger partial charge in [-0.1, -0.05) is 6.07 Å². The van der Waals surface area contributed by atoms with E-state index in [4.69, 9.17) is 15.0 Å². The normalized spacial score (nSPS) is 49.7. The van der Waals surface area contributed by atoms with Crippen molar-refractivity contribution in [2.45, 2.75) is 43.1 Å². The van der Waals surface area contributed by atoms with Gasteiger partial charge in [0, 0.05) is 30.2 Å². The van der Waals surface area contributed by atoms with Crippen molar-refractivity contribution in [3.05, 3.63) is 23.3 Å². The molecule has 4 atom stereocenters. The van der Waals surface area contributed by atoms with Crippen LogP contribution in [0.5, 0.6) is 11.5 Å². The van der Waals surface area contributed by atoms with E-state index < -0.39 is 42.0 Å². The Labute approximate surface area is 137 Å². The maximum atomic E-state index is 13.0. The second kappa shape index (κ2) is 4.05. The fourth-order valence-corrected chi connectivity index (χ4v) is 4.64. The first-order valence-electron chi connectivity index (χ1n) is 10.2. The van der Waals surface area contributed by atoms with Crippen molar-refractivity contribution < 1.29 is 21.1 Å². The lowest BCUT2D eigenvalue weighted by atomic mass is 9.52. The largest absolute Gasteiger partial charge is 0.493 e. The minimum atomic E-state index is -2.24. The molecular weight excluding hydrogens is 278 g/mol. The van der Waals surface area contributed by atoms with Crippen LogP contribution in [0.1, 0.15) is 37.2 Å². The monoisotopic (exact) mass is 304 g/mol. The summed E-state index contributed by atoms with van der Waals surface area (Å²) < 4.78 is 55.2. The van der Waals surface area contributed by atoms with Crippen molar-refractivity contribution in [1.82, 2.24) is 4.90 Å². The minimum absolute atomic E-state index is 0.301. The molecule has 2 aliphatic heterocycles. The lowest BCUT2D eigenvalue weighted by molar-refractivity contribution is -0.138. The lowest BCUT2D eigenvalue weighted by Crippen LogP contribution is -2.65. The number of piperidine rings is 1. The SMILES string of the molecule is [2H]C1([2H])C[C@@]2([2H])[C@@H]3N(C)CC[C@@]24c2c(ccc(OC)c2OC4C1=O)C3([2H])[2H]. The first kappa shape index (κ1) is 8.92. The molecule has 2 bridgehead atoms. The predicted molar refractivity (Wildman–Crippen MR) is 81.6 cm³/mol. The van der Waals surface area contributed by atoms with Gasteiger partial charge in [0.2, 0.25) is 0 Å². The minimum Gasteiger partial charge on any atom is -0.493 e. The third-order valence-electron chi connectivity index (χ3n) is 5.66. The van der Waals surface area contributed by atoms with Crippen molar-refractivity contribution in [3.63, 3.8) is 0 Å². The first-order valence-corrected chi connectivity index (χ1v) is 7.65. The summed E-state index contributed by atoms with van der Waals surface area (Å²) in [6.07, 6.45) is -5.15. The zero-order valence-electron chi connectivity index (χ0n) is 17.6. The molecular formula is C18H21NO3. The van der Waals surface area contributed by atoms with E-state index in [1.54, 1.807) is 19.2 Å². The Bertz CT molecular complexity index is 890. The van der Waals surface area contributed by atoms with Crippen molar-refractivity contribution in [2.75, 3.05) is 20.7 Å². The highest BCUT2D eigenvalue weighted by Gasteiger charge is 2.65. The summed E-state index contributed by atoms with van der Waals surface area (Å²) in [6.45, 7) is 0.511. The van der Waals surface area contributed by atoms with Crippen LogP contribution in [0, 0.1) is 5.89 Å². The zero-order valence-corrected chi connectivity index (χ0v) is 12.6. The number of ether oxygens (including phenoxy) is 2. The molecule has 0 amide bonds. The fraction of sp³-hybridized carbons (Fsp3) is 0.611. The molecule has 5 rings (SSSR count). The molecule has 1 aromatic rings. The van der Waals surface area contributed by atoms with E-state index in [1.165, 1.54) is 7.11 Å². The summed E-state index contributed by atoms with van der Waals surface area (Å²) in [4.78, 5) is 14.8. The number of likely N-dealkylation sites (tertiary alicyclic amines) is 1. The number of ketones is 1. The Kier molecular flexibility index (Phi) is 1.64. The molecule has 4 aliphatic rings. The molecule has 4 nitrogen and oxygen atoms in total. The lowest BCUT2D eigenvalue weighted by Gasteiger charge is -2.57. The second-order valence-corrected chi connectivity index (χ2v) is 6.51. The highest BCUT2D eigenvalue weighted by molar-refractivity contribution is 5.89. The third-order valence-corrected chi connectivity index (χ3v) is 5.66. The summed E-state index contributed by atoms with van der Waals surface area (Å²) in [6, 6.07) is 2.43. The molecule has 116 valence electrons.